The highest BCUT2D eigenvalue weighted by atomic mass is 79.9. The fourth-order valence-corrected chi connectivity index (χ4v) is 3.22. The number of allylic oxidation sites excluding steroid dienone is 2. The predicted molar refractivity (Wildman–Crippen MR) is 120 cm³/mol. The Bertz CT molecular complexity index is 1250. The number of anilines is 1. The molecule has 0 radical (unpaired) electrons. The highest BCUT2D eigenvalue weighted by Gasteiger charge is 2.18. The van der Waals surface area contributed by atoms with Crippen LogP contribution in [0, 0.1) is 0 Å². The van der Waals surface area contributed by atoms with Gasteiger partial charge in [-0.05, 0) is 34.5 Å². The van der Waals surface area contributed by atoms with Crippen LogP contribution >= 0.6 is 15.9 Å². The van der Waals surface area contributed by atoms with Gasteiger partial charge >= 0.3 is 5.69 Å². The van der Waals surface area contributed by atoms with E-state index in [1.54, 1.807) is 17.8 Å². The first-order valence-electron chi connectivity index (χ1n) is 8.81. The van der Waals surface area contributed by atoms with Crippen molar-refractivity contribution in [1.82, 2.24) is 18.7 Å². The summed E-state index contributed by atoms with van der Waals surface area (Å²) >= 11 is 3.46. The molecular formula is C20H21BrN6O2. The lowest BCUT2D eigenvalue weighted by Gasteiger charge is -2.08. The lowest BCUT2D eigenvalue weighted by Crippen LogP contribution is -2.37. The van der Waals surface area contributed by atoms with Crippen molar-refractivity contribution >= 4 is 45.3 Å². The Morgan fingerprint density at radius 1 is 1.24 bits per heavy atom. The Hall–Kier alpha value is -3.20. The van der Waals surface area contributed by atoms with E-state index < -0.39 is 11.2 Å². The summed E-state index contributed by atoms with van der Waals surface area (Å²) in [6, 6.07) is 9.80. The maximum Gasteiger partial charge on any atom is 0.332 e. The van der Waals surface area contributed by atoms with Gasteiger partial charge in [-0.25, -0.2) is 10.2 Å². The van der Waals surface area contributed by atoms with E-state index in [2.05, 4.69) is 38.0 Å². The summed E-state index contributed by atoms with van der Waals surface area (Å²) < 4.78 is 4.82. The van der Waals surface area contributed by atoms with E-state index in [0.29, 0.717) is 18.0 Å². The van der Waals surface area contributed by atoms with Gasteiger partial charge in [0.1, 0.15) is 0 Å². The molecule has 29 heavy (non-hydrogen) atoms. The molecule has 0 amide bonds. The molecule has 0 bridgehead atoms. The van der Waals surface area contributed by atoms with Gasteiger partial charge in [-0.2, -0.15) is 10.1 Å². The molecule has 8 nitrogen and oxygen atoms in total. The van der Waals surface area contributed by atoms with E-state index in [9.17, 15) is 9.59 Å². The maximum atomic E-state index is 12.7. The number of fused-ring (bicyclic) bond motifs is 1. The summed E-state index contributed by atoms with van der Waals surface area (Å²) in [7, 11) is 3.02. The zero-order valence-corrected chi connectivity index (χ0v) is 18.0. The Morgan fingerprint density at radius 3 is 2.59 bits per heavy atom. The maximum absolute atomic E-state index is 12.7. The third kappa shape index (κ3) is 4.29. The predicted octanol–water partition coefficient (Wildman–Crippen LogP) is 2.84. The van der Waals surface area contributed by atoms with Crippen LogP contribution in [0.2, 0.25) is 0 Å². The van der Waals surface area contributed by atoms with E-state index >= 15 is 0 Å². The molecule has 2 heterocycles. The van der Waals surface area contributed by atoms with Gasteiger partial charge < -0.3 is 0 Å². The molecule has 1 aromatic carbocycles. The topological polar surface area (TPSA) is 86.2 Å². The van der Waals surface area contributed by atoms with Crippen LogP contribution in [-0.2, 0) is 20.6 Å². The SMILES string of the molecule is C=C(C)Cn1c(N/N=C\C(Br)=C\c2ccccc2)nc2c1c(=O)n(C)c(=O)n2C. The average molecular weight is 457 g/mol. The molecule has 0 aliphatic rings. The molecule has 0 aliphatic carbocycles. The minimum atomic E-state index is -0.439. The summed E-state index contributed by atoms with van der Waals surface area (Å²) in [6.45, 7) is 6.13. The average Bonchev–Trinajstić information content (AvgIpc) is 3.03. The molecule has 2 aromatic heterocycles. The van der Waals surface area contributed by atoms with Crippen molar-refractivity contribution in [3.05, 3.63) is 73.4 Å². The van der Waals surface area contributed by atoms with Crippen LogP contribution in [0.1, 0.15) is 12.5 Å². The van der Waals surface area contributed by atoms with E-state index in [1.807, 2.05) is 43.3 Å². The number of hydrazone groups is 1. The van der Waals surface area contributed by atoms with Crippen LogP contribution in [0.5, 0.6) is 0 Å². The van der Waals surface area contributed by atoms with Crippen LogP contribution in [-0.4, -0.2) is 24.9 Å². The number of aromatic nitrogens is 4. The second-order valence-electron chi connectivity index (χ2n) is 6.67. The molecule has 0 spiro atoms. The molecular weight excluding hydrogens is 436 g/mol. The first kappa shape index (κ1) is 20.5. The summed E-state index contributed by atoms with van der Waals surface area (Å²) in [6.07, 6.45) is 3.51. The molecule has 3 aromatic rings. The van der Waals surface area contributed by atoms with Crippen molar-refractivity contribution in [1.29, 1.82) is 0 Å². The minimum absolute atomic E-state index is 0.288. The monoisotopic (exact) mass is 456 g/mol. The van der Waals surface area contributed by atoms with Gasteiger partial charge in [-0.1, -0.05) is 42.5 Å². The van der Waals surface area contributed by atoms with Gasteiger partial charge in [0.15, 0.2) is 11.2 Å². The largest absolute Gasteiger partial charge is 0.332 e. The highest BCUT2D eigenvalue weighted by Crippen LogP contribution is 2.17. The molecule has 0 saturated carbocycles. The van der Waals surface area contributed by atoms with Crippen LogP contribution in [0.25, 0.3) is 17.2 Å². The zero-order valence-electron chi connectivity index (χ0n) is 16.4. The van der Waals surface area contributed by atoms with Crippen LogP contribution < -0.4 is 16.7 Å². The van der Waals surface area contributed by atoms with Gasteiger partial charge in [0.05, 0.1) is 6.21 Å². The molecule has 0 saturated heterocycles. The normalized spacial score (nSPS) is 12.1. The number of hydrogen-bond acceptors (Lipinski definition) is 5. The molecule has 0 aliphatic heterocycles. The van der Waals surface area contributed by atoms with Crippen molar-refractivity contribution in [3.63, 3.8) is 0 Å². The summed E-state index contributed by atoms with van der Waals surface area (Å²) in [5.74, 6) is 0.345. The number of halogens is 1. The Labute approximate surface area is 175 Å². The third-order valence-corrected chi connectivity index (χ3v) is 4.67. The first-order chi connectivity index (χ1) is 13.8. The van der Waals surface area contributed by atoms with Crippen LogP contribution in [0.4, 0.5) is 5.95 Å². The molecule has 150 valence electrons. The number of hydrogen-bond donors (Lipinski definition) is 1. The molecule has 0 unspecified atom stereocenters. The second kappa shape index (κ2) is 8.44. The Kier molecular flexibility index (Phi) is 5.97. The van der Waals surface area contributed by atoms with Crippen molar-refractivity contribution in [2.45, 2.75) is 13.5 Å². The smallest absolute Gasteiger partial charge is 0.299 e. The fraction of sp³-hybridized carbons (Fsp3) is 0.200. The van der Waals surface area contributed by atoms with Crippen LogP contribution in [0.15, 0.2) is 61.7 Å². The van der Waals surface area contributed by atoms with Crippen molar-refractivity contribution < 1.29 is 0 Å². The van der Waals surface area contributed by atoms with Gasteiger partial charge in [0.25, 0.3) is 5.56 Å². The molecule has 0 fully saturated rings. The number of aryl methyl sites for hydroxylation is 1. The summed E-state index contributed by atoms with van der Waals surface area (Å²) in [5.41, 5.74) is 4.47. The Morgan fingerprint density at radius 2 is 1.93 bits per heavy atom. The van der Waals surface area contributed by atoms with E-state index in [1.165, 1.54) is 11.6 Å². The van der Waals surface area contributed by atoms with E-state index in [-0.39, 0.29) is 5.65 Å². The van der Waals surface area contributed by atoms with Crippen LogP contribution in [0.3, 0.4) is 0 Å². The second-order valence-corrected chi connectivity index (χ2v) is 7.58. The lowest BCUT2D eigenvalue weighted by molar-refractivity contribution is 0.702. The van der Waals surface area contributed by atoms with E-state index in [0.717, 1.165) is 20.2 Å². The minimum Gasteiger partial charge on any atom is -0.299 e. The van der Waals surface area contributed by atoms with Gasteiger partial charge in [0.2, 0.25) is 5.95 Å². The number of imidazole rings is 1. The fourth-order valence-electron chi connectivity index (χ4n) is 2.85. The highest BCUT2D eigenvalue weighted by molar-refractivity contribution is 9.12. The number of nitrogens with one attached hydrogen (secondary N) is 1. The van der Waals surface area contributed by atoms with Crippen molar-refractivity contribution in [2.24, 2.45) is 19.2 Å². The molecule has 3 rings (SSSR count). The number of rotatable bonds is 6. The number of nitrogens with zero attached hydrogens (tertiary/aromatic N) is 5. The molecule has 9 heteroatoms. The Balaban J connectivity index is 2.01. The van der Waals surface area contributed by atoms with Crippen molar-refractivity contribution in [3.8, 4) is 0 Å². The van der Waals surface area contributed by atoms with Gasteiger partial charge in [0, 0.05) is 25.1 Å². The first-order valence-corrected chi connectivity index (χ1v) is 9.61. The number of benzene rings is 1. The van der Waals surface area contributed by atoms with Crippen molar-refractivity contribution in [2.75, 3.05) is 5.43 Å². The molecule has 0 atom stereocenters. The third-order valence-electron chi connectivity index (χ3n) is 4.23. The molecule has 1 N–H and O–H groups in total. The van der Waals surface area contributed by atoms with Gasteiger partial charge in [-0.15, -0.1) is 0 Å². The lowest BCUT2D eigenvalue weighted by atomic mass is 10.2. The quantitative estimate of drug-likeness (QED) is 0.351. The van der Waals surface area contributed by atoms with E-state index in [4.69, 9.17) is 0 Å². The standard InChI is InChI=1S/C20H21BrN6O2/c1-13(2)12-27-16-17(25(3)20(29)26(4)18(16)28)23-19(27)24-22-11-15(21)10-14-8-6-5-7-9-14/h5-11H,1,12H2,2-4H3,(H,23,24)/b15-10-,22-11-. The zero-order chi connectivity index (χ0) is 21.1. The summed E-state index contributed by atoms with van der Waals surface area (Å²) in [4.78, 5) is 29.3. The van der Waals surface area contributed by atoms with Gasteiger partial charge in [-0.3, -0.25) is 18.5 Å². The summed E-state index contributed by atoms with van der Waals surface area (Å²) in [5, 5.41) is 4.21.